The monoisotopic (exact) mass is 457 g/mol. The van der Waals surface area contributed by atoms with E-state index in [0.717, 1.165) is 12.8 Å². The molecule has 0 aromatic heterocycles. The standard InChI is InChI=1S/C21H39NO5.C5H12/c1-8-21(7,9-2)27-18(25)11-10-17(24)26-13-12-22-19(3,4)14-16(23)15-20(22,5)6;1-3-5-4-2/h16,23H,8-15H2,1-7H3;3-5H2,1-2H3. The van der Waals surface area contributed by atoms with Gasteiger partial charge >= 0.3 is 11.9 Å². The maximum atomic E-state index is 12.0. The van der Waals surface area contributed by atoms with Crippen molar-refractivity contribution in [2.75, 3.05) is 13.2 Å². The molecule has 1 aliphatic rings. The van der Waals surface area contributed by atoms with Crippen LogP contribution in [0.2, 0.25) is 0 Å². The number of carbonyl (C=O) groups is 2. The van der Waals surface area contributed by atoms with E-state index in [-0.39, 0.29) is 48.6 Å². The predicted molar refractivity (Wildman–Crippen MR) is 131 cm³/mol. The highest BCUT2D eigenvalue weighted by Crippen LogP contribution is 2.38. The highest BCUT2D eigenvalue weighted by atomic mass is 16.6. The second-order valence-corrected chi connectivity index (χ2v) is 10.5. The number of aliphatic hydroxyl groups is 1. The third-order valence-electron chi connectivity index (χ3n) is 6.61. The molecular formula is C26H51NO5. The van der Waals surface area contributed by atoms with Gasteiger partial charge in [0.05, 0.1) is 18.9 Å². The van der Waals surface area contributed by atoms with Crippen LogP contribution in [0.5, 0.6) is 0 Å². The number of esters is 2. The highest BCUT2D eigenvalue weighted by Gasteiger charge is 2.44. The zero-order chi connectivity index (χ0) is 25.0. The molecular weight excluding hydrogens is 406 g/mol. The minimum Gasteiger partial charge on any atom is -0.464 e. The molecule has 0 aliphatic carbocycles. The second kappa shape index (κ2) is 14.2. The molecule has 1 heterocycles. The second-order valence-electron chi connectivity index (χ2n) is 10.5. The van der Waals surface area contributed by atoms with Crippen LogP contribution in [0.15, 0.2) is 0 Å². The maximum Gasteiger partial charge on any atom is 0.306 e. The zero-order valence-electron chi connectivity index (χ0n) is 22.4. The van der Waals surface area contributed by atoms with E-state index >= 15 is 0 Å². The molecule has 0 amide bonds. The van der Waals surface area contributed by atoms with Crippen molar-refractivity contribution in [2.45, 2.75) is 143 Å². The molecule has 1 rings (SSSR count). The molecule has 1 saturated heterocycles. The molecule has 6 nitrogen and oxygen atoms in total. The summed E-state index contributed by atoms with van der Waals surface area (Å²) in [5, 5.41) is 10.1. The first-order valence-corrected chi connectivity index (χ1v) is 12.6. The predicted octanol–water partition coefficient (Wildman–Crippen LogP) is 5.64. The summed E-state index contributed by atoms with van der Waals surface area (Å²) < 4.78 is 10.8. The number of likely N-dealkylation sites (tertiary alicyclic amines) is 1. The largest absolute Gasteiger partial charge is 0.464 e. The van der Waals surface area contributed by atoms with E-state index in [1.54, 1.807) is 0 Å². The number of hydrogen-bond donors (Lipinski definition) is 1. The van der Waals surface area contributed by atoms with E-state index in [0.29, 0.717) is 19.4 Å². The minimum atomic E-state index is -0.461. The Hall–Kier alpha value is -1.14. The van der Waals surface area contributed by atoms with Gasteiger partial charge < -0.3 is 14.6 Å². The fourth-order valence-corrected chi connectivity index (χ4v) is 4.47. The SMILES string of the molecule is CCC(C)(CC)OC(=O)CCC(=O)OCCN1C(C)(C)CC(O)CC1(C)C.CCCCC. The molecule has 1 N–H and O–H groups in total. The lowest BCUT2D eigenvalue weighted by molar-refractivity contribution is -0.161. The molecule has 0 unspecified atom stereocenters. The van der Waals surface area contributed by atoms with E-state index in [2.05, 4.69) is 46.4 Å². The van der Waals surface area contributed by atoms with E-state index in [9.17, 15) is 14.7 Å². The van der Waals surface area contributed by atoms with Gasteiger partial charge in [0.2, 0.25) is 0 Å². The van der Waals surface area contributed by atoms with Crippen molar-refractivity contribution in [3.05, 3.63) is 0 Å². The van der Waals surface area contributed by atoms with Crippen LogP contribution < -0.4 is 0 Å². The first-order chi connectivity index (χ1) is 14.8. The third kappa shape index (κ3) is 11.1. The average Bonchev–Trinajstić information content (AvgIpc) is 2.68. The van der Waals surface area contributed by atoms with Crippen molar-refractivity contribution in [2.24, 2.45) is 0 Å². The van der Waals surface area contributed by atoms with Crippen LogP contribution in [0.3, 0.4) is 0 Å². The summed E-state index contributed by atoms with van der Waals surface area (Å²) in [5.41, 5.74) is -0.790. The molecule has 0 atom stereocenters. The van der Waals surface area contributed by atoms with Crippen molar-refractivity contribution in [3.63, 3.8) is 0 Å². The Morgan fingerprint density at radius 3 is 1.81 bits per heavy atom. The van der Waals surface area contributed by atoms with Gasteiger partial charge in [0.15, 0.2) is 0 Å². The number of hydrogen-bond acceptors (Lipinski definition) is 6. The molecule has 1 fully saturated rings. The molecule has 0 spiro atoms. The number of unbranched alkanes of at least 4 members (excludes halogenated alkanes) is 2. The van der Waals surface area contributed by atoms with Gasteiger partial charge in [-0.25, -0.2) is 0 Å². The molecule has 1 aliphatic heterocycles. The third-order valence-corrected chi connectivity index (χ3v) is 6.61. The van der Waals surface area contributed by atoms with Crippen LogP contribution in [-0.4, -0.2) is 57.9 Å². The van der Waals surface area contributed by atoms with Crippen LogP contribution in [0.4, 0.5) is 0 Å². The van der Waals surface area contributed by atoms with Crippen molar-refractivity contribution in [3.8, 4) is 0 Å². The van der Waals surface area contributed by atoms with Crippen molar-refractivity contribution in [1.29, 1.82) is 0 Å². The molecule has 32 heavy (non-hydrogen) atoms. The summed E-state index contributed by atoms with van der Waals surface area (Å²) in [4.78, 5) is 26.2. The molecule has 0 bridgehead atoms. The van der Waals surface area contributed by atoms with Crippen LogP contribution in [0.1, 0.15) is 120 Å². The van der Waals surface area contributed by atoms with Gasteiger partial charge in [-0.05, 0) is 60.3 Å². The fourth-order valence-electron chi connectivity index (χ4n) is 4.47. The molecule has 190 valence electrons. The molecule has 6 heteroatoms. The summed E-state index contributed by atoms with van der Waals surface area (Å²) in [5.74, 6) is -0.736. The molecule has 0 radical (unpaired) electrons. The maximum absolute atomic E-state index is 12.0. The van der Waals surface area contributed by atoms with E-state index in [4.69, 9.17) is 9.47 Å². The van der Waals surface area contributed by atoms with Crippen LogP contribution in [0, 0.1) is 0 Å². The Bertz CT molecular complexity index is 534. The topological polar surface area (TPSA) is 76.1 Å². The first-order valence-electron chi connectivity index (χ1n) is 12.6. The average molecular weight is 458 g/mol. The van der Waals surface area contributed by atoms with Crippen LogP contribution in [-0.2, 0) is 19.1 Å². The quantitative estimate of drug-likeness (QED) is 0.405. The zero-order valence-corrected chi connectivity index (χ0v) is 22.4. The lowest BCUT2D eigenvalue weighted by atomic mass is 9.78. The number of ether oxygens (including phenoxy) is 2. The van der Waals surface area contributed by atoms with Gasteiger partial charge in [-0.3, -0.25) is 14.5 Å². The normalized spacial score (nSPS) is 18.4. The summed E-state index contributed by atoms with van der Waals surface area (Å²) in [7, 11) is 0. The summed E-state index contributed by atoms with van der Waals surface area (Å²) >= 11 is 0. The van der Waals surface area contributed by atoms with E-state index < -0.39 is 5.60 Å². The van der Waals surface area contributed by atoms with Gasteiger partial charge in [0.1, 0.15) is 12.2 Å². The minimum absolute atomic E-state index is 0.0356. The van der Waals surface area contributed by atoms with Crippen molar-refractivity contribution < 1.29 is 24.2 Å². The number of aliphatic hydroxyl groups excluding tert-OH is 1. The molecule has 0 aromatic carbocycles. The molecule has 0 saturated carbocycles. The Morgan fingerprint density at radius 2 is 1.41 bits per heavy atom. The van der Waals surface area contributed by atoms with Gasteiger partial charge in [0.25, 0.3) is 0 Å². The number of nitrogens with zero attached hydrogens (tertiary/aromatic N) is 1. The smallest absolute Gasteiger partial charge is 0.306 e. The van der Waals surface area contributed by atoms with Gasteiger partial charge in [-0.15, -0.1) is 0 Å². The Labute approximate surface area is 197 Å². The fraction of sp³-hybridized carbons (Fsp3) is 0.923. The van der Waals surface area contributed by atoms with Crippen LogP contribution >= 0.6 is 0 Å². The van der Waals surface area contributed by atoms with E-state index in [1.165, 1.54) is 19.3 Å². The summed E-state index contributed by atoms with van der Waals surface area (Å²) in [6.07, 6.45) is 6.73. The Balaban J connectivity index is 0.00000172. The molecule has 0 aromatic rings. The number of rotatable bonds is 11. The number of piperidine rings is 1. The lowest BCUT2D eigenvalue weighted by Gasteiger charge is -2.54. The van der Waals surface area contributed by atoms with Gasteiger partial charge in [0, 0.05) is 17.6 Å². The summed E-state index contributed by atoms with van der Waals surface area (Å²) in [6, 6.07) is 0. The van der Waals surface area contributed by atoms with Crippen molar-refractivity contribution in [1.82, 2.24) is 4.90 Å². The Kier molecular flexibility index (Phi) is 13.7. The Morgan fingerprint density at radius 1 is 0.938 bits per heavy atom. The number of carbonyl (C=O) groups excluding carboxylic acids is 2. The van der Waals surface area contributed by atoms with E-state index in [1.807, 2.05) is 20.8 Å². The van der Waals surface area contributed by atoms with Gasteiger partial charge in [-0.2, -0.15) is 0 Å². The highest BCUT2D eigenvalue weighted by molar-refractivity contribution is 5.77. The van der Waals surface area contributed by atoms with Gasteiger partial charge in [-0.1, -0.05) is 47.0 Å². The van der Waals surface area contributed by atoms with Crippen LogP contribution in [0.25, 0.3) is 0 Å². The van der Waals surface area contributed by atoms with Crippen molar-refractivity contribution >= 4 is 11.9 Å². The first kappa shape index (κ1) is 30.9. The lowest BCUT2D eigenvalue weighted by Crippen LogP contribution is -2.62. The summed E-state index contributed by atoms with van der Waals surface area (Å²) in [6.45, 7) is 19.6.